The molecule has 0 saturated carbocycles. The summed E-state index contributed by atoms with van der Waals surface area (Å²) in [6, 6.07) is 13.6. The van der Waals surface area contributed by atoms with Gasteiger partial charge in [0.05, 0.1) is 29.4 Å². The molecule has 0 N–H and O–H groups in total. The molecule has 1 fully saturated rings. The van der Waals surface area contributed by atoms with Crippen LogP contribution in [0.25, 0.3) is 16.7 Å². The molecule has 0 bridgehead atoms. The van der Waals surface area contributed by atoms with Gasteiger partial charge in [-0.1, -0.05) is 19.1 Å². The van der Waals surface area contributed by atoms with Crippen molar-refractivity contribution in [2.24, 2.45) is 0 Å². The zero-order valence-electron chi connectivity index (χ0n) is 21.4. The number of halogens is 1. The normalized spacial score (nSPS) is 14.2. The van der Waals surface area contributed by atoms with E-state index in [0.29, 0.717) is 36.6 Å². The van der Waals surface area contributed by atoms with E-state index >= 15 is 0 Å². The minimum atomic E-state index is -0.296. The second-order valence-corrected chi connectivity index (χ2v) is 9.22. The van der Waals surface area contributed by atoms with E-state index in [1.807, 2.05) is 36.1 Å². The van der Waals surface area contributed by atoms with Gasteiger partial charge in [0.25, 0.3) is 5.91 Å². The zero-order valence-corrected chi connectivity index (χ0v) is 21.4. The maximum atomic E-state index is 13.6. The Balaban J connectivity index is 1.49. The third-order valence-electron chi connectivity index (χ3n) is 6.69. The minimum absolute atomic E-state index is 0.0286. The highest BCUT2D eigenvalue weighted by Crippen LogP contribution is 2.30. The summed E-state index contributed by atoms with van der Waals surface area (Å²) >= 11 is 0. The Kier molecular flexibility index (Phi) is 7.03. The van der Waals surface area contributed by atoms with Crippen LogP contribution in [0.2, 0.25) is 0 Å². The van der Waals surface area contributed by atoms with Gasteiger partial charge in [-0.2, -0.15) is 5.10 Å². The number of carbonyl (C=O) groups excluding carboxylic acids is 1. The molecule has 8 nitrogen and oxygen atoms in total. The van der Waals surface area contributed by atoms with E-state index in [2.05, 4.69) is 11.8 Å². The quantitative estimate of drug-likeness (QED) is 0.384. The fraction of sp³-hybridized carbons (Fsp3) is 0.357. The molecule has 1 amide bonds. The first-order chi connectivity index (χ1) is 18.0. The van der Waals surface area contributed by atoms with Crippen molar-refractivity contribution in [3.8, 4) is 11.4 Å². The lowest BCUT2D eigenvalue weighted by atomic mass is 10.1. The smallest absolute Gasteiger partial charge is 0.257 e. The molecule has 1 saturated heterocycles. The molecule has 0 atom stereocenters. The van der Waals surface area contributed by atoms with Crippen LogP contribution in [0.15, 0.2) is 48.5 Å². The molecule has 0 unspecified atom stereocenters. The summed E-state index contributed by atoms with van der Waals surface area (Å²) in [5.41, 5.74) is 2.84. The summed E-state index contributed by atoms with van der Waals surface area (Å²) in [6.45, 7) is 6.66. The van der Waals surface area contributed by atoms with Gasteiger partial charge in [0, 0.05) is 32.6 Å². The van der Waals surface area contributed by atoms with Crippen molar-refractivity contribution in [2.45, 2.75) is 33.1 Å². The maximum Gasteiger partial charge on any atom is 0.257 e. The summed E-state index contributed by atoms with van der Waals surface area (Å²) in [5.74, 6) is 1.85. The Morgan fingerprint density at radius 2 is 1.81 bits per heavy atom. The molecule has 1 aliphatic heterocycles. The first-order valence-corrected chi connectivity index (χ1v) is 12.7. The molecule has 37 heavy (non-hydrogen) atoms. The van der Waals surface area contributed by atoms with E-state index in [9.17, 15) is 9.18 Å². The minimum Gasteiger partial charge on any atom is -0.496 e. The second-order valence-electron chi connectivity index (χ2n) is 9.22. The van der Waals surface area contributed by atoms with Crippen LogP contribution < -0.4 is 9.64 Å². The van der Waals surface area contributed by atoms with Crippen LogP contribution in [-0.4, -0.2) is 63.8 Å². The summed E-state index contributed by atoms with van der Waals surface area (Å²) in [6.07, 6.45) is 2.46. The molecule has 9 heteroatoms. The highest BCUT2D eigenvalue weighted by atomic mass is 19.1. The molecule has 0 aliphatic carbocycles. The number of methoxy groups -OCH3 is 1. The molecule has 2 aromatic carbocycles. The third kappa shape index (κ3) is 4.85. The predicted octanol–water partition coefficient (Wildman–Crippen LogP) is 4.58. The first kappa shape index (κ1) is 24.7. The molecular weight excluding hydrogens is 471 g/mol. The summed E-state index contributed by atoms with van der Waals surface area (Å²) in [7, 11) is 1.58. The molecule has 1 aliphatic rings. The van der Waals surface area contributed by atoms with Gasteiger partial charge in [0.1, 0.15) is 23.2 Å². The van der Waals surface area contributed by atoms with E-state index in [-0.39, 0.29) is 11.7 Å². The molecule has 192 valence electrons. The summed E-state index contributed by atoms with van der Waals surface area (Å²) < 4.78 is 20.8. The van der Waals surface area contributed by atoms with E-state index < -0.39 is 0 Å². The number of para-hydroxylation sites is 1. The Hall–Kier alpha value is -4.01. The molecule has 0 radical (unpaired) electrons. The van der Waals surface area contributed by atoms with Gasteiger partial charge in [0.15, 0.2) is 5.65 Å². The lowest BCUT2D eigenvalue weighted by molar-refractivity contribution is 0.0763. The van der Waals surface area contributed by atoms with Crippen molar-refractivity contribution < 1.29 is 13.9 Å². The van der Waals surface area contributed by atoms with E-state index in [4.69, 9.17) is 19.8 Å². The topological polar surface area (TPSA) is 76.4 Å². The van der Waals surface area contributed by atoms with Crippen molar-refractivity contribution in [2.75, 3.05) is 38.2 Å². The fourth-order valence-electron chi connectivity index (χ4n) is 4.86. The van der Waals surface area contributed by atoms with Gasteiger partial charge in [-0.15, -0.1) is 0 Å². The molecule has 5 rings (SSSR count). The van der Waals surface area contributed by atoms with Crippen molar-refractivity contribution in [3.05, 3.63) is 71.4 Å². The molecule has 3 heterocycles. The van der Waals surface area contributed by atoms with Crippen molar-refractivity contribution >= 4 is 22.8 Å². The number of carbonyl (C=O) groups is 1. The van der Waals surface area contributed by atoms with Crippen LogP contribution >= 0.6 is 0 Å². The van der Waals surface area contributed by atoms with Crippen molar-refractivity contribution in [1.29, 1.82) is 0 Å². The SMILES string of the molecule is CCCc1nc(N2CCCN(C(=O)c3ccccc3OC)CC2)c2c(C)nn(-c3ccc(F)cc3)c2n1. The Morgan fingerprint density at radius 3 is 2.57 bits per heavy atom. The predicted molar refractivity (Wildman–Crippen MR) is 141 cm³/mol. The van der Waals surface area contributed by atoms with E-state index in [1.54, 1.807) is 23.9 Å². The monoisotopic (exact) mass is 502 g/mol. The molecule has 0 spiro atoms. The van der Waals surface area contributed by atoms with E-state index in [1.165, 1.54) is 12.1 Å². The number of hydrogen-bond acceptors (Lipinski definition) is 6. The Labute approximate surface area is 215 Å². The lowest BCUT2D eigenvalue weighted by Gasteiger charge is -2.24. The van der Waals surface area contributed by atoms with Crippen LogP contribution in [0.3, 0.4) is 0 Å². The molecule has 4 aromatic rings. The standard InChI is InChI=1S/C28H31FN6O2/c1-4-8-24-30-26(25-19(2)32-35(27(25)31-24)21-13-11-20(29)12-14-21)33-15-7-16-34(18-17-33)28(36)22-9-5-6-10-23(22)37-3/h5-6,9-14H,4,7-8,15-18H2,1-3H3. The van der Waals surface area contributed by atoms with Gasteiger partial charge >= 0.3 is 0 Å². The van der Waals surface area contributed by atoms with Gasteiger partial charge in [-0.05, 0) is 56.2 Å². The fourth-order valence-corrected chi connectivity index (χ4v) is 4.86. The summed E-state index contributed by atoms with van der Waals surface area (Å²) in [5, 5.41) is 5.64. The van der Waals surface area contributed by atoms with Crippen LogP contribution in [-0.2, 0) is 6.42 Å². The number of aromatic nitrogens is 4. The van der Waals surface area contributed by atoms with Crippen LogP contribution in [0, 0.1) is 12.7 Å². The second kappa shape index (κ2) is 10.5. The van der Waals surface area contributed by atoms with Gasteiger partial charge in [-0.25, -0.2) is 19.0 Å². The highest BCUT2D eigenvalue weighted by Gasteiger charge is 2.26. The maximum absolute atomic E-state index is 13.6. The number of fused-ring (bicyclic) bond motifs is 1. The van der Waals surface area contributed by atoms with Crippen LogP contribution in [0.1, 0.15) is 41.6 Å². The van der Waals surface area contributed by atoms with E-state index in [0.717, 1.165) is 54.2 Å². The number of hydrogen-bond donors (Lipinski definition) is 0. The number of ether oxygens (including phenoxy) is 1. The molecular formula is C28H31FN6O2. The number of amides is 1. The lowest BCUT2D eigenvalue weighted by Crippen LogP contribution is -2.35. The number of aryl methyl sites for hydroxylation is 2. The Morgan fingerprint density at radius 1 is 1.03 bits per heavy atom. The highest BCUT2D eigenvalue weighted by molar-refractivity contribution is 5.97. The third-order valence-corrected chi connectivity index (χ3v) is 6.69. The average molecular weight is 503 g/mol. The summed E-state index contributed by atoms with van der Waals surface area (Å²) in [4.78, 5) is 27.3. The number of nitrogens with zero attached hydrogens (tertiary/aromatic N) is 6. The average Bonchev–Trinajstić information content (AvgIpc) is 3.08. The van der Waals surface area contributed by atoms with Crippen LogP contribution in [0.4, 0.5) is 10.2 Å². The van der Waals surface area contributed by atoms with Gasteiger partial charge in [0.2, 0.25) is 0 Å². The zero-order chi connectivity index (χ0) is 25.9. The number of benzene rings is 2. The van der Waals surface area contributed by atoms with Crippen LogP contribution in [0.5, 0.6) is 5.75 Å². The van der Waals surface area contributed by atoms with Crippen molar-refractivity contribution in [1.82, 2.24) is 24.6 Å². The molecule has 2 aromatic heterocycles. The first-order valence-electron chi connectivity index (χ1n) is 12.7. The number of anilines is 1. The number of rotatable bonds is 6. The van der Waals surface area contributed by atoms with Crippen molar-refractivity contribution in [3.63, 3.8) is 0 Å². The largest absolute Gasteiger partial charge is 0.496 e. The Bertz CT molecular complexity index is 1420. The van der Waals surface area contributed by atoms with Gasteiger partial charge in [-0.3, -0.25) is 4.79 Å². The van der Waals surface area contributed by atoms with Gasteiger partial charge < -0.3 is 14.5 Å².